The molecule has 1 aromatic carbocycles. The number of ether oxygens (including phenoxy) is 1. The van der Waals surface area contributed by atoms with Crippen molar-refractivity contribution in [3.8, 4) is 0 Å². The smallest absolute Gasteiger partial charge is 0.312 e. The lowest BCUT2D eigenvalue weighted by atomic mass is 9.91. The summed E-state index contributed by atoms with van der Waals surface area (Å²) in [6.07, 6.45) is 5.53. The number of aryl methyl sites for hydroxylation is 1. The van der Waals surface area contributed by atoms with Gasteiger partial charge in [-0.25, -0.2) is 9.78 Å². The first-order valence-corrected chi connectivity index (χ1v) is 10.1. The Morgan fingerprint density at radius 2 is 2.10 bits per heavy atom. The zero-order chi connectivity index (χ0) is 21.7. The van der Waals surface area contributed by atoms with E-state index in [1.165, 1.54) is 0 Å². The minimum atomic E-state index is -0.705. The molecule has 2 heterocycles. The van der Waals surface area contributed by atoms with Gasteiger partial charge in [0.15, 0.2) is 0 Å². The molecule has 0 saturated carbocycles. The number of hydrogen-bond donors (Lipinski definition) is 2. The number of hydrogen-bond acceptors (Lipinski definition) is 4. The standard InChI is InChI=1S/C22H26ClN5O2/c1-4-28-19-16(14-25-28)13-18(23)26-17(19)11-8-12-30-22(2,3)20(27-21(24)29)15-9-6-5-7-10-15/h5-11,13-14,20H,4,12H2,1-3H3,(H3,24,27,29). The van der Waals surface area contributed by atoms with Crippen LogP contribution in [0.25, 0.3) is 17.0 Å². The summed E-state index contributed by atoms with van der Waals surface area (Å²) in [4.78, 5) is 16.0. The molecule has 0 bridgehead atoms. The molecule has 7 nitrogen and oxygen atoms in total. The molecular formula is C22H26ClN5O2. The summed E-state index contributed by atoms with van der Waals surface area (Å²) in [5.74, 6) is 0. The first kappa shape index (κ1) is 21.8. The molecule has 0 aliphatic heterocycles. The lowest BCUT2D eigenvalue weighted by Crippen LogP contribution is -2.46. The number of aromatic nitrogens is 3. The van der Waals surface area contributed by atoms with Crippen LogP contribution in [0, 0.1) is 0 Å². The maximum Gasteiger partial charge on any atom is 0.312 e. The number of nitrogens with zero attached hydrogens (tertiary/aromatic N) is 3. The number of rotatable bonds is 8. The summed E-state index contributed by atoms with van der Waals surface area (Å²) >= 11 is 6.15. The average molecular weight is 428 g/mol. The highest BCUT2D eigenvalue weighted by molar-refractivity contribution is 6.30. The third-order valence-corrected chi connectivity index (χ3v) is 5.05. The first-order valence-electron chi connectivity index (χ1n) is 9.75. The molecule has 30 heavy (non-hydrogen) atoms. The molecule has 0 radical (unpaired) electrons. The minimum absolute atomic E-state index is 0.312. The third-order valence-electron chi connectivity index (χ3n) is 4.85. The second-order valence-electron chi connectivity index (χ2n) is 7.40. The van der Waals surface area contributed by atoms with Crippen molar-refractivity contribution in [2.75, 3.05) is 6.61 Å². The third kappa shape index (κ3) is 4.98. The number of fused-ring (bicyclic) bond motifs is 1. The molecule has 3 N–H and O–H groups in total. The largest absolute Gasteiger partial charge is 0.369 e. The monoisotopic (exact) mass is 427 g/mol. The fraction of sp³-hybridized carbons (Fsp3) is 0.318. The Kier molecular flexibility index (Phi) is 6.74. The maximum absolute atomic E-state index is 11.5. The average Bonchev–Trinajstić information content (AvgIpc) is 3.12. The van der Waals surface area contributed by atoms with Crippen LogP contribution in [0.3, 0.4) is 0 Å². The van der Waals surface area contributed by atoms with Crippen LogP contribution in [0.2, 0.25) is 5.15 Å². The predicted molar refractivity (Wildman–Crippen MR) is 119 cm³/mol. The van der Waals surface area contributed by atoms with E-state index < -0.39 is 17.7 Å². The highest BCUT2D eigenvalue weighted by Gasteiger charge is 2.32. The van der Waals surface area contributed by atoms with Crippen molar-refractivity contribution in [1.29, 1.82) is 0 Å². The van der Waals surface area contributed by atoms with E-state index in [9.17, 15) is 4.79 Å². The van der Waals surface area contributed by atoms with Gasteiger partial charge in [-0.15, -0.1) is 0 Å². The molecule has 1 atom stereocenters. The Balaban J connectivity index is 1.77. The van der Waals surface area contributed by atoms with Gasteiger partial charge in [0.1, 0.15) is 5.15 Å². The first-order chi connectivity index (χ1) is 14.3. The van der Waals surface area contributed by atoms with Crippen LogP contribution in [0.1, 0.15) is 38.1 Å². The van der Waals surface area contributed by atoms with E-state index in [1.54, 1.807) is 12.3 Å². The Labute approximate surface area is 180 Å². The summed E-state index contributed by atoms with van der Waals surface area (Å²) in [5, 5.41) is 8.50. The normalized spacial score (nSPS) is 13.1. The van der Waals surface area contributed by atoms with Crippen molar-refractivity contribution in [2.45, 2.75) is 39.0 Å². The van der Waals surface area contributed by atoms with Crippen molar-refractivity contribution < 1.29 is 9.53 Å². The summed E-state index contributed by atoms with van der Waals surface area (Å²) < 4.78 is 7.99. The van der Waals surface area contributed by atoms with Gasteiger partial charge >= 0.3 is 6.03 Å². The van der Waals surface area contributed by atoms with Crippen LogP contribution in [0.4, 0.5) is 4.79 Å². The quantitative estimate of drug-likeness (QED) is 0.523. The maximum atomic E-state index is 11.5. The number of benzene rings is 1. The topological polar surface area (TPSA) is 95.1 Å². The van der Waals surface area contributed by atoms with Crippen molar-refractivity contribution in [3.05, 3.63) is 65.1 Å². The molecule has 0 spiro atoms. The van der Waals surface area contributed by atoms with Gasteiger partial charge in [0.05, 0.1) is 35.7 Å². The van der Waals surface area contributed by atoms with Crippen LogP contribution >= 0.6 is 11.6 Å². The van der Waals surface area contributed by atoms with Gasteiger partial charge in [0, 0.05) is 11.9 Å². The fourth-order valence-corrected chi connectivity index (χ4v) is 3.63. The summed E-state index contributed by atoms with van der Waals surface area (Å²) in [6.45, 7) is 6.89. The number of halogens is 1. The Hall–Kier alpha value is -2.90. The van der Waals surface area contributed by atoms with Gasteiger partial charge in [-0.2, -0.15) is 5.10 Å². The number of carbonyl (C=O) groups is 1. The van der Waals surface area contributed by atoms with Gasteiger partial charge in [0.25, 0.3) is 0 Å². The number of amides is 2. The molecule has 0 saturated heterocycles. The van der Waals surface area contributed by atoms with E-state index in [1.807, 2.05) is 67.9 Å². The lowest BCUT2D eigenvalue weighted by molar-refractivity contribution is -0.0279. The highest BCUT2D eigenvalue weighted by atomic mass is 35.5. The number of urea groups is 1. The molecule has 2 amide bonds. The van der Waals surface area contributed by atoms with Crippen LogP contribution in [-0.4, -0.2) is 33.0 Å². The summed E-state index contributed by atoms with van der Waals surface area (Å²) in [6, 6.07) is 10.4. The van der Waals surface area contributed by atoms with Crippen LogP contribution in [0.5, 0.6) is 0 Å². The SMILES string of the molecule is CCn1ncc2cc(Cl)nc(C=CCOC(C)(C)C(NC(N)=O)c3ccccc3)c21. The fourth-order valence-electron chi connectivity index (χ4n) is 3.42. The number of pyridine rings is 1. The summed E-state index contributed by atoms with van der Waals surface area (Å²) in [7, 11) is 0. The molecule has 158 valence electrons. The Bertz CT molecular complexity index is 1050. The molecule has 8 heteroatoms. The van der Waals surface area contributed by atoms with E-state index in [2.05, 4.69) is 15.4 Å². The molecule has 0 fully saturated rings. The van der Waals surface area contributed by atoms with Gasteiger partial charge < -0.3 is 15.8 Å². The van der Waals surface area contributed by atoms with Crippen molar-refractivity contribution in [3.63, 3.8) is 0 Å². The second kappa shape index (κ2) is 9.28. The molecule has 3 aromatic rings. The molecule has 2 aromatic heterocycles. The number of nitrogens with two attached hydrogens (primary N) is 1. The second-order valence-corrected chi connectivity index (χ2v) is 7.78. The van der Waals surface area contributed by atoms with E-state index >= 15 is 0 Å². The zero-order valence-corrected chi connectivity index (χ0v) is 18.1. The number of primary amides is 1. The molecule has 0 aliphatic carbocycles. The molecule has 1 unspecified atom stereocenters. The van der Waals surface area contributed by atoms with Crippen molar-refractivity contribution in [1.82, 2.24) is 20.1 Å². The van der Waals surface area contributed by atoms with Gasteiger partial charge in [-0.05, 0) is 38.5 Å². The van der Waals surface area contributed by atoms with E-state index in [-0.39, 0.29) is 0 Å². The zero-order valence-electron chi connectivity index (χ0n) is 17.3. The van der Waals surface area contributed by atoms with Crippen molar-refractivity contribution in [2.24, 2.45) is 5.73 Å². The number of nitrogens with one attached hydrogen (secondary N) is 1. The van der Waals surface area contributed by atoms with Gasteiger partial charge in [-0.1, -0.05) is 48.0 Å². The number of carbonyl (C=O) groups excluding carboxylic acids is 1. The van der Waals surface area contributed by atoms with Crippen molar-refractivity contribution >= 4 is 34.6 Å². The minimum Gasteiger partial charge on any atom is -0.369 e. The van der Waals surface area contributed by atoms with Gasteiger partial charge in [-0.3, -0.25) is 4.68 Å². The lowest BCUT2D eigenvalue weighted by Gasteiger charge is -2.34. The van der Waals surface area contributed by atoms with Gasteiger partial charge in [0.2, 0.25) is 0 Å². The Morgan fingerprint density at radius 1 is 1.37 bits per heavy atom. The Morgan fingerprint density at radius 3 is 2.77 bits per heavy atom. The predicted octanol–water partition coefficient (Wildman–Crippen LogP) is 4.32. The van der Waals surface area contributed by atoms with Crippen LogP contribution < -0.4 is 11.1 Å². The highest BCUT2D eigenvalue weighted by Crippen LogP contribution is 2.29. The van der Waals surface area contributed by atoms with E-state index in [0.717, 1.165) is 28.7 Å². The molecule has 3 rings (SSSR count). The van der Waals surface area contributed by atoms with E-state index in [0.29, 0.717) is 11.8 Å². The van der Waals surface area contributed by atoms with Crippen LogP contribution in [-0.2, 0) is 11.3 Å². The van der Waals surface area contributed by atoms with Crippen LogP contribution in [0.15, 0.2) is 48.7 Å². The summed E-state index contributed by atoms with van der Waals surface area (Å²) in [5.41, 5.74) is 7.26. The molecular weight excluding hydrogens is 402 g/mol. The molecule has 0 aliphatic rings. The van der Waals surface area contributed by atoms with E-state index in [4.69, 9.17) is 22.1 Å².